The fourth-order valence-electron chi connectivity index (χ4n) is 2.14. The van der Waals surface area contributed by atoms with Crippen molar-refractivity contribution < 1.29 is 9.53 Å². The van der Waals surface area contributed by atoms with Crippen LogP contribution < -0.4 is 5.32 Å². The number of hydrogen-bond acceptors (Lipinski definition) is 3. The van der Waals surface area contributed by atoms with Gasteiger partial charge in [-0.25, -0.2) is 4.79 Å². The first-order chi connectivity index (χ1) is 8.57. The molecule has 1 rings (SSSR count). The highest BCUT2D eigenvalue weighted by molar-refractivity contribution is 5.68. The van der Waals surface area contributed by atoms with E-state index in [1.807, 2.05) is 25.7 Å². The van der Waals surface area contributed by atoms with Crippen LogP contribution in [0, 0.1) is 11.3 Å². The summed E-state index contributed by atoms with van der Waals surface area (Å²) in [6, 6.07) is 0. The summed E-state index contributed by atoms with van der Waals surface area (Å²) in [6.45, 7) is 16.0. The molecule has 4 heteroatoms. The quantitative estimate of drug-likeness (QED) is 0.857. The fraction of sp³-hybridized carbons (Fsp3) is 0.933. The van der Waals surface area contributed by atoms with Crippen LogP contribution in [0.1, 0.15) is 48.0 Å². The highest BCUT2D eigenvalue weighted by Gasteiger charge is 2.29. The molecule has 0 radical (unpaired) electrons. The number of carbonyl (C=O) groups excluding carboxylic acids is 1. The molecule has 0 bridgehead atoms. The van der Waals surface area contributed by atoms with E-state index in [2.05, 4.69) is 26.1 Å². The summed E-state index contributed by atoms with van der Waals surface area (Å²) in [5.74, 6) is 0.551. The van der Waals surface area contributed by atoms with E-state index in [9.17, 15) is 4.79 Å². The fourth-order valence-corrected chi connectivity index (χ4v) is 2.14. The maximum atomic E-state index is 11.9. The van der Waals surface area contributed by atoms with E-state index in [-0.39, 0.29) is 6.09 Å². The summed E-state index contributed by atoms with van der Waals surface area (Å²) in [6.07, 6.45) is 0.891. The molecule has 0 aromatic rings. The summed E-state index contributed by atoms with van der Waals surface area (Å²) in [7, 11) is 0. The second kappa shape index (κ2) is 6.12. The summed E-state index contributed by atoms with van der Waals surface area (Å²) < 4.78 is 5.40. The van der Waals surface area contributed by atoms with Gasteiger partial charge in [-0.3, -0.25) is 0 Å². The standard InChI is InChI=1S/C15H30N2O2/c1-14(2,3)11-16-9-12-7-8-17(10-12)13(18)19-15(4,5)6/h12,16H,7-11H2,1-6H3. The van der Waals surface area contributed by atoms with E-state index in [4.69, 9.17) is 4.74 Å². The molecule has 112 valence electrons. The Labute approximate surface area is 117 Å². The third kappa shape index (κ3) is 6.81. The molecule has 0 aromatic heterocycles. The van der Waals surface area contributed by atoms with Gasteiger partial charge in [0.15, 0.2) is 0 Å². The number of hydrogen-bond donors (Lipinski definition) is 1. The van der Waals surface area contributed by atoms with E-state index >= 15 is 0 Å². The van der Waals surface area contributed by atoms with E-state index in [1.54, 1.807) is 0 Å². The molecular formula is C15H30N2O2. The highest BCUT2D eigenvalue weighted by atomic mass is 16.6. The van der Waals surface area contributed by atoms with E-state index in [0.717, 1.165) is 32.6 Å². The van der Waals surface area contributed by atoms with Crippen LogP contribution in [0.4, 0.5) is 4.79 Å². The predicted octanol–water partition coefficient (Wildman–Crippen LogP) is 2.88. The average Bonchev–Trinajstić information content (AvgIpc) is 2.61. The van der Waals surface area contributed by atoms with Crippen LogP contribution in [-0.2, 0) is 4.74 Å². The van der Waals surface area contributed by atoms with Gasteiger partial charge >= 0.3 is 6.09 Å². The number of likely N-dealkylation sites (tertiary alicyclic amines) is 1. The van der Waals surface area contributed by atoms with Gasteiger partial charge in [0, 0.05) is 19.6 Å². The smallest absolute Gasteiger partial charge is 0.410 e. The second-order valence-electron chi connectivity index (χ2n) is 7.77. The maximum Gasteiger partial charge on any atom is 0.410 e. The summed E-state index contributed by atoms with van der Waals surface area (Å²) in [5.41, 5.74) is -0.0941. The van der Waals surface area contributed by atoms with E-state index in [0.29, 0.717) is 11.3 Å². The zero-order chi connectivity index (χ0) is 14.7. The number of nitrogens with one attached hydrogen (secondary N) is 1. The van der Waals surface area contributed by atoms with Crippen LogP contribution in [0.15, 0.2) is 0 Å². The van der Waals surface area contributed by atoms with Gasteiger partial charge in [0.05, 0.1) is 0 Å². The zero-order valence-corrected chi connectivity index (χ0v) is 13.4. The Kier molecular flexibility index (Phi) is 5.25. The molecule has 0 saturated carbocycles. The van der Waals surface area contributed by atoms with Crippen LogP contribution in [0.2, 0.25) is 0 Å². The van der Waals surface area contributed by atoms with Crippen LogP contribution >= 0.6 is 0 Å². The third-order valence-corrected chi connectivity index (χ3v) is 3.03. The molecule has 1 aliphatic heterocycles. The molecule has 1 aliphatic rings. The first-order valence-electron chi connectivity index (χ1n) is 7.25. The minimum absolute atomic E-state index is 0.175. The lowest BCUT2D eigenvalue weighted by Gasteiger charge is -2.24. The molecule has 0 spiro atoms. The first kappa shape index (κ1) is 16.3. The van der Waals surface area contributed by atoms with Gasteiger partial charge in [-0.2, -0.15) is 0 Å². The largest absolute Gasteiger partial charge is 0.444 e. The van der Waals surface area contributed by atoms with Crippen molar-refractivity contribution in [2.45, 2.75) is 53.6 Å². The van der Waals surface area contributed by atoms with Crippen molar-refractivity contribution in [1.82, 2.24) is 10.2 Å². The Hall–Kier alpha value is -0.770. The van der Waals surface area contributed by atoms with Crippen molar-refractivity contribution >= 4 is 6.09 Å². The molecule has 1 N–H and O–H groups in total. The molecule has 1 amide bonds. The molecule has 0 aromatic carbocycles. The lowest BCUT2D eigenvalue weighted by molar-refractivity contribution is 0.0288. The minimum Gasteiger partial charge on any atom is -0.444 e. The number of carbonyl (C=O) groups is 1. The average molecular weight is 270 g/mol. The topological polar surface area (TPSA) is 41.6 Å². The highest BCUT2D eigenvalue weighted by Crippen LogP contribution is 2.19. The first-order valence-corrected chi connectivity index (χ1v) is 7.25. The van der Waals surface area contributed by atoms with Crippen LogP contribution in [0.25, 0.3) is 0 Å². The Morgan fingerprint density at radius 2 is 1.89 bits per heavy atom. The van der Waals surface area contributed by atoms with Gasteiger partial charge < -0.3 is 15.0 Å². The molecule has 4 nitrogen and oxygen atoms in total. The molecular weight excluding hydrogens is 240 g/mol. The monoisotopic (exact) mass is 270 g/mol. The number of amides is 1. The summed E-state index contributed by atoms with van der Waals surface area (Å²) in [4.78, 5) is 13.8. The van der Waals surface area contributed by atoms with Gasteiger partial charge in [0.2, 0.25) is 0 Å². The number of ether oxygens (including phenoxy) is 1. The molecule has 1 saturated heterocycles. The van der Waals surface area contributed by atoms with Crippen molar-refractivity contribution in [1.29, 1.82) is 0 Å². The van der Waals surface area contributed by atoms with Crippen LogP contribution in [-0.4, -0.2) is 42.8 Å². The van der Waals surface area contributed by atoms with Crippen molar-refractivity contribution in [2.24, 2.45) is 11.3 Å². The second-order valence-corrected chi connectivity index (χ2v) is 7.77. The van der Waals surface area contributed by atoms with E-state index in [1.165, 1.54) is 0 Å². The zero-order valence-electron chi connectivity index (χ0n) is 13.4. The van der Waals surface area contributed by atoms with Crippen LogP contribution in [0.5, 0.6) is 0 Å². The summed E-state index contributed by atoms with van der Waals surface area (Å²) in [5, 5.41) is 3.50. The van der Waals surface area contributed by atoms with Gasteiger partial charge in [-0.05, 0) is 45.1 Å². The number of nitrogens with zero attached hydrogens (tertiary/aromatic N) is 1. The molecule has 1 atom stereocenters. The van der Waals surface area contributed by atoms with Crippen LogP contribution in [0.3, 0.4) is 0 Å². The lowest BCUT2D eigenvalue weighted by Crippen LogP contribution is -2.36. The Bertz CT molecular complexity index is 302. The Morgan fingerprint density at radius 3 is 2.42 bits per heavy atom. The molecule has 1 unspecified atom stereocenters. The predicted molar refractivity (Wildman–Crippen MR) is 78.2 cm³/mol. The summed E-state index contributed by atoms with van der Waals surface area (Å²) >= 11 is 0. The molecule has 19 heavy (non-hydrogen) atoms. The van der Waals surface area contributed by atoms with Gasteiger partial charge in [-0.15, -0.1) is 0 Å². The van der Waals surface area contributed by atoms with E-state index < -0.39 is 5.60 Å². The van der Waals surface area contributed by atoms with Crippen molar-refractivity contribution in [3.8, 4) is 0 Å². The van der Waals surface area contributed by atoms with Crippen molar-refractivity contribution in [3.05, 3.63) is 0 Å². The van der Waals surface area contributed by atoms with Crippen molar-refractivity contribution in [3.63, 3.8) is 0 Å². The minimum atomic E-state index is -0.403. The molecule has 1 fully saturated rings. The number of rotatable bonds is 3. The third-order valence-electron chi connectivity index (χ3n) is 3.03. The maximum absolute atomic E-state index is 11.9. The SMILES string of the molecule is CC(C)(C)CNCC1CCN(C(=O)OC(C)(C)C)C1. The normalized spacial score (nSPS) is 20.7. The Morgan fingerprint density at radius 1 is 1.26 bits per heavy atom. The van der Waals surface area contributed by atoms with Crippen molar-refractivity contribution in [2.75, 3.05) is 26.2 Å². The Balaban J connectivity index is 2.28. The van der Waals surface area contributed by atoms with Gasteiger partial charge in [0.1, 0.15) is 5.60 Å². The lowest BCUT2D eigenvalue weighted by atomic mass is 9.96. The molecule has 0 aliphatic carbocycles. The molecule has 1 heterocycles. The van der Waals surface area contributed by atoms with Gasteiger partial charge in [-0.1, -0.05) is 20.8 Å². The van der Waals surface area contributed by atoms with Gasteiger partial charge in [0.25, 0.3) is 0 Å².